The smallest absolute Gasteiger partial charge is 0.232 e. The van der Waals surface area contributed by atoms with Crippen molar-refractivity contribution in [2.75, 3.05) is 11.9 Å². The van der Waals surface area contributed by atoms with Gasteiger partial charge in [-0.25, -0.2) is 0 Å². The summed E-state index contributed by atoms with van der Waals surface area (Å²) in [6, 6.07) is 11.2. The van der Waals surface area contributed by atoms with Crippen molar-refractivity contribution >= 4 is 29.4 Å². The molecule has 10 heteroatoms. The zero-order valence-corrected chi connectivity index (χ0v) is 21.0. The molecule has 5 rings (SSSR count). The molecule has 6 radical (unpaired) electrons. The maximum absolute atomic E-state index is 10.8. The molecule has 2 bridgehead atoms. The van der Waals surface area contributed by atoms with Gasteiger partial charge in [0.05, 0.1) is 11.9 Å². The lowest BCUT2D eigenvalue weighted by Gasteiger charge is -2.44. The van der Waals surface area contributed by atoms with Crippen molar-refractivity contribution in [3.63, 3.8) is 0 Å². The summed E-state index contributed by atoms with van der Waals surface area (Å²) >= 11 is 0. The molecular weight excluding hydrogens is 447 g/mol. The molecule has 0 saturated heterocycles. The van der Waals surface area contributed by atoms with E-state index in [9.17, 15) is 5.11 Å². The summed E-state index contributed by atoms with van der Waals surface area (Å²) in [6.45, 7) is 4.86. The standard InChI is InChI=1S/C26H28B3N5O2/c1-24-8-9-25(2,15-24)13-18(12-24)34(3)22-7-6-20(31-32-22)19-5-4-16(10-21(19)35)17-11-23(33-30-14-17)36-26(27,28)29/h4-7,10-11,14,18,35H,8-9,12-13,15H2,1-3H3/t18?,24-,25+. The van der Waals surface area contributed by atoms with Gasteiger partial charge in [0, 0.05) is 30.3 Å². The first kappa shape index (κ1) is 24.7. The molecule has 3 atom stereocenters. The third-order valence-electron chi connectivity index (χ3n) is 7.72. The summed E-state index contributed by atoms with van der Waals surface area (Å²) in [5.74, 6) is 0.986. The fourth-order valence-corrected chi connectivity index (χ4v) is 6.15. The lowest BCUT2D eigenvalue weighted by atomic mass is 9.52. The molecule has 2 aliphatic carbocycles. The maximum Gasteiger partial charge on any atom is 0.232 e. The van der Waals surface area contributed by atoms with E-state index >= 15 is 0 Å². The monoisotopic (exact) mass is 475 g/mol. The van der Waals surface area contributed by atoms with E-state index in [0.29, 0.717) is 39.3 Å². The lowest BCUT2D eigenvalue weighted by molar-refractivity contribution is 0.148. The summed E-state index contributed by atoms with van der Waals surface area (Å²) < 4.78 is 5.16. The minimum atomic E-state index is -1.87. The summed E-state index contributed by atoms with van der Waals surface area (Å²) in [5, 5.41) is 25.5. The second-order valence-electron chi connectivity index (χ2n) is 11.2. The van der Waals surface area contributed by atoms with Crippen molar-refractivity contribution in [2.24, 2.45) is 10.8 Å². The van der Waals surface area contributed by atoms with Gasteiger partial charge in [-0.2, -0.15) is 5.10 Å². The van der Waals surface area contributed by atoms with Crippen molar-refractivity contribution < 1.29 is 9.84 Å². The predicted molar refractivity (Wildman–Crippen MR) is 142 cm³/mol. The molecule has 3 aromatic rings. The van der Waals surface area contributed by atoms with Gasteiger partial charge in [-0.3, -0.25) is 0 Å². The fourth-order valence-electron chi connectivity index (χ4n) is 6.15. The highest BCUT2D eigenvalue weighted by molar-refractivity contribution is 6.58. The second-order valence-corrected chi connectivity index (χ2v) is 11.2. The van der Waals surface area contributed by atoms with E-state index in [1.165, 1.54) is 38.3 Å². The van der Waals surface area contributed by atoms with Gasteiger partial charge < -0.3 is 14.7 Å². The molecule has 36 heavy (non-hydrogen) atoms. The number of nitrogens with zero attached hydrogens (tertiary/aromatic N) is 5. The van der Waals surface area contributed by atoms with Crippen LogP contribution in [-0.2, 0) is 0 Å². The van der Waals surface area contributed by atoms with E-state index in [0.717, 1.165) is 5.82 Å². The van der Waals surface area contributed by atoms with Crippen LogP contribution < -0.4 is 9.64 Å². The Morgan fingerprint density at radius 3 is 2.31 bits per heavy atom. The third-order valence-corrected chi connectivity index (χ3v) is 7.72. The molecule has 2 aromatic heterocycles. The largest absolute Gasteiger partial charge is 0.507 e. The van der Waals surface area contributed by atoms with Crippen LogP contribution >= 0.6 is 0 Å². The Morgan fingerprint density at radius 1 is 0.972 bits per heavy atom. The lowest BCUT2D eigenvalue weighted by Crippen LogP contribution is -2.42. The number of fused-ring (bicyclic) bond motifs is 2. The van der Waals surface area contributed by atoms with Gasteiger partial charge in [0.1, 0.15) is 29.3 Å². The number of ether oxygens (including phenoxy) is 1. The minimum Gasteiger partial charge on any atom is -0.507 e. The van der Waals surface area contributed by atoms with E-state index < -0.39 is 5.30 Å². The highest BCUT2D eigenvalue weighted by atomic mass is 16.5. The van der Waals surface area contributed by atoms with Crippen LogP contribution in [0, 0.1) is 10.8 Å². The molecule has 0 amide bonds. The molecule has 7 nitrogen and oxygen atoms in total. The normalized spacial score (nSPS) is 25.5. The Balaban J connectivity index is 1.33. The zero-order chi connectivity index (χ0) is 25.7. The van der Waals surface area contributed by atoms with Crippen molar-refractivity contribution in [2.45, 2.75) is 57.3 Å². The first-order valence-electron chi connectivity index (χ1n) is 12.2. The van der Waals surface area contributed by atoms with E-state index in [1.807, 2.05) is 18.2 Å². The van der Waals surface area contributed by atoms with E-state index in [-0.39, 0.29) is 11.6 Å². The van der Waals surface area contributed by atoms with Gasteiger partial charge in [-0.15, -0.1) is 15.3 Å². The van der Waals surface area contributed by atoms with Gasteiger partial charge in [0.2, 0.25) is 5.88 Å². The van der Waals surface area contributed by atoms with Crippen LogP contribution in [0.3, 0.4) is 0 Å². The van der Waals surface area contributed by atoms with Gasteiger partial charge in [-0.05, 0) is 78.1 Å². The average Bonchev–Trinajstić information content (AvgIpc) is 3.04. The SMILES string of the molecule is [B]C([B])([B])Oc1cc(-c2ccc(-c3ccc(N(C)C4C[C@]5(C)CC[C@](C)(C4)C5)nn3)c(O)c2)cnn1. The maximum atomic E-state index is 10.8. The summed E-state index contributed by atoms with van der Waals surface area (Å²) in [6.07, 6.45) is 7.85. The van der Waals surface area contributed by atoms with Gasteiger partial charge in [-0.1, -0.05) is 19.9 Å². The Hall–Kier alpha value is -3.03. The van der Waals surface area contributed by atoms with Crippen LogP contribution in [0.1, 0.15) is 46.0 Å². The molecule has 2 fully saturated rings. The van der Waals surface area contributed by atoms with Crippen LogP contribution in [-0.4, -0.2) is 67.4 Å². The number of phenolic OH excluding ortho intramolecular Hbond substituents is 1. The van der Waals surface area contributed by atoms with Crippen molar-refractivity contribution in [1.82, 2.24) is 20.4 Å². The summed E-state index contributed by atoms with van der Waals surface area (Å²) in [5.41, 5.74) is 3.37. The van der Waals surface area contributed by atoms with Crippen LogP contribution in [0.25, 0.3) is 22.4 Å². The fraction of sp³-hybridized carbons (Fsp3) is 0.462. The van der Waals surface area contributed by atoms with Crippen LogP contribution in [0.4, 0.5) is 5.82 Å². The molecule has 2 aliphatic rings. The number of rotatable bonds is 6. The summed E-state index contributed by atoms with van der Waals surface area (Å²) in [4.78, 5) is 2.27. The van der Waals surface area contributed by atoms with Crippen LogP contribution in [0.2, 0.25) is 0 Å². The Labute approximate surface area is 216 Å². The Bertz CT molecular complexity index is 1250. The van der Waals surface area contributed by atoms with E-state index in [4.69, 9.17) is 28.3 Å². The summed E-state index contributed by atoms with van der Waals surface area (Å²) in [7, 11) is 18.5. The van der Waals surface area contributed by atoms with Crippen molar-refractivity contribution in [3.05, 3.63) is 42.6 Å². The Morgan fingerprint density at radius 2 is 1.69 bits per heavy atom. The van der Waals surface area contributed by atoms with Gasteiger partial charge in [0.25, 0.3) is 0 Å². The first-order valence-corrected chi connectivity index (χ1v) is 12.2. The predicted octanol–water partition coefficient (Wildman–Crippen LogP) is 3.60. The van der Waals surface area contributed by atoms with Crippen molar-refractivity contribution in [1.29, 1.82) is 0 Å². The molecule has 1 aromatic carbocycles. The first-order chi connectivity index (χ1) is 16.9. The topological polar surface area (TPSA) is 84.3 Å². The highest BCUT2D eigenvalue weighted by Gasteiger charge is 2.50. The van der Waals surface area contributed by atoms with Crippen LogP contribution in [0.15, 0.2) is 42.6 Å². The average molecular weight is 475 g/mol. The molecular formula is C26H28B3N5O2. The van der Waals surface area contributed by atoms with E-state index in [2.05, 4.69) is 46.2 Å². The number of phenols is 1. The number of hydrogen-bond acceptors (Lipinski definition) is 7. The zero-order valence-electron chi connectivity index (χ0n) is 21.0. The van der Waals surface area contributed by atoms with Crippen LogP contribution in [0.5, 0.6) is 11.6 Å². The molecule has 1 N–H and O–H groups in total. The number of aromatic hydroxyl groups is 1. The highest BCUT2D eigenvalue weighted by Crippen LogP contribution is 2.58. The van der Waals surface area contributed by atoms with E-state index in [1.54, 1.807) is 18.2 Å². The molecule has 178 valence electrons. The number of aromatic nitrogens is 4. The second kappa shape index (κ2) is 8.82. The van der Waals surface area contributed by atoms with Gasteiger partial charge in [0.15, 0.2) is 5.82 Å². The van der Waals surface area contributed by atoms with Crippen molar-refractivity contribution in [3.8, 4) is 34.0 Å². The molecule has 0 spiro atoms. The number of benzene rings is 1. The third kappa shape index (κ3) is 5.09. The quantitative estimate of drug-likeness (QED) is 0.546. The van der Waals surface area contributed by atoms with Gasteiger partial charge >= 0.3 is 0 Å². The molecule has 2 saturated carbocycles. The molecule has 1 unspecified atom stereocenters. The number of anilines is 1. The minimum absolute atomic E-state index is 0.0673. The number of hydrogen-bond donors (Lipinski definition) is 1. The molecule has 0 aliphatic heterocycles. The Kier molecular flexibility index (Phi) is 6.04. The molecule has 2 heterocycles.